The molecule has 1 aliphatic heterocycles. The molecule has 0 aliphatic carbocycles. The van der Waals surface area contributed by atoms with E-state index >= 15 is 0 Å². The van der Waals surface area contributed by atoms with Crippen molar-refractivity contribution < 1.29 is 23.8 Å². The highest BCUT2D eigenvalue weighted by molar-refractivity contribution is 6.53. The maximum absolute atomic E-state index is 13.3. The van der Waals surface area contributed by atoms with Gasteiger partial charge in [-0.15, -0.1) is 0 Å². The fraction of sp³-hybridized carbons (Fsp3) is 0.364. The number of rotatable bonds is 7. The van der Waals surface area contributed by atoms with E-state index in [2.05, 4.69) is 5.32 Å². The number of nitrogens with zero attached hydrogens (tertiary/aromatic N) is 1. The Morgan fingerprint density at radius 2 is 1.58 bits per heavy atom. The SMILES string of the molecule is O=C(NC(CF)C(O)c1ccc(-c2ccc(C(=O)N3CCOCC3)cc2)cc1)C(Cl)Cl. The van der Waals surface area contributed by atoms with Crippen molar-refractivity contribution in [1.29, 1.82) is 0 Å². The van der Waals surface area contributed by atoms with E-state index in [1.165, 1.54) is 0 Å². The first-order valence-corrected chi connectivity index (χ1v) is 10.7. The van der Waals surface area contributed by atoms with Gasteiger partial charge in [0.1, 0.15) is 12.8 Å². The van der Waals surface area contributed by atoms with E-state index in [1.807, 2.05) is 12.1 Å². The molecule has 31 heavy (non-hydrogen) atoms. The van der Waals surface area contributed by atoms with Crippen molar-refractivity contribution in [1.82, 2.24) is 10.2 Å². The number of amides is 2. The number of carbonyl (C=O) groups is 2. The van der Waals surface area contributed by atoms with Gasteiger partial charge >= 0.3 is 0 Å². The van der Waals surface area contributed by atoms with Gasteiger partial charge in [-0.05, 0) is 28.8 Å². The third-order valence-corrected chi connectivity index (χ3v) is 5.49. The fourth-order valence-electron chi connectivity index (χ4n) is 3.31. The van der Waals surface area contributed by atoms with Crippen LogP contribution in [0.3, 0.4) is 0 Å². The Balaban J connectivity index is 1.67. The lowest BCUT2D eigenvalue weighted by Crippen LogP contribution is -2.43. The summed E-state index contributed by atoms with van der Waals surface area (Å²) in [6, 6.07) is 13.0. The smallest absolute Gasteiger partial charge is 0.254 e. The molecular weight excluding hydrogens is 446 g/mol. The lowest BCUT2D eigenvalue weighted by molar-refractivity contribution is -0.121. The van der Waals surface area contributed by atoms with E-state index in [-0.39, 0.29) is 5.91 Å². The van der Waals surface area contributed by atoms with Gasteiger partial charge in [0, 0.05) is 18.7 Å². The number of alkyl halides is 3. The van der Waals surface area contributed by atoms with Gasteiger partial charge in [-0.3, -0.25) is 9.59 Å². The Labute approximate surface area is 189 Å². The topological polar surface area (TPSA) is 78.9 Å². The number of benzene rings is 2. The summed E-state index contributed by atoms with van der Waals surface area (Å²) in [4.78, 5) is 24.5. The molecule has 2 aromatic carbocycles. The second-order valence-corrected chi connectivity index (χ2v) is 8.22. The normalized spacial score (nSPS) is 16.1. The number of aliphatic hydroxyl groups is 1. The van der Waals surface area contributed by atoms with Gasteiger partial charge in [-0.1, -0.05) is 59.6 Å². The highest BCUT2D eigenvalue weighted by atomic mass is 35.5. The van der Waals surface area contributed by atoms with Crippen molar-refractivity contribution in [3.63, 3.8) is 0 Å². The average Bonchev–Trinajstić information content (AvgIpc) is 2.82. The van der Waals surface area contributed by atoms with Crippen molar-refractivity contribution in [2.45, 2.75) is 17.0 Å². The summed E-state index contributed by atoms with van der Waals surface area (Å²) in [5.74, 6) is -0.794. The molecule has 0 bridgehead atoms. The Bertz CT molecular complexity index is 887. The number of hydrogen-bond acceptors (Lipinski definition) is 4. The molecule has 3 rings (SSSR count). The lowest BCUT2D eigenvalue weighted by Gasteiger charge is -2.26. The van der Waals surface area contributed by atoms with E-state index in [1.54, 1.807) is 41.3 Å². The molecule has 2 amide bonds. The lowest BCUT2D eigenvalue weighted by atomic mass is 9.98. The molecule has 1 saturated heterocycles. The molecule has 2 N–H and O–H groups in total. The molecule has 1 aliphatic rings. The van der Waals surface area contributed by atoms with Crippen LogP contribution in [0.4, 0.5) is 4.39 Å². The van der Waals surface area contributed by atoms with E-state index < -0.39 is 29.6 Å². The highest BCUT2D eigenvalue weighted by Gasteiger charge is 2.25. The zero-order chi connectivity index (χ0) is 22.4. The van der Waals surface area contributed by atoms with Gasteiger partial charge in [0.2, 0.25) is 0 Å². The number of ether oxygens (including phenoxy) is 1. The second kappa shape index (κ2) is 10.9. The van der Waals surface area contributed by atoms with Crippen molar-refractivity contribution in [2.24, 2.45) is 0 Å². The third-order valence-electron chi connectivity index (χ3n) is 5.09. The predicted molar refractivity (Wildman–Crippen MR) is 117 cm³/mol. The zero-order valence-electron chi connectivity index (χ0n) is 16.6. The minimum absolute atomic E-state index is 0.0243. The Morgan fingerprint density at radius 3 is 2.10 bits per heavy atom. The summed E-state index contributed by atoms with van der Waals surface area (Å²) in [6.45, 7) is 1.29. The number of aliphatic hydroxyl groups excluding tert-OH is 1. The molecular formula is C22H23Cl2FN2O4. The fourth-order valence-corrected chi connectivity index (χ4v) is 3.43. The van der Waals surface area contributed by atoms with Crippen LogP contribution in [0.25, 0.3) is 11.1 Å². The van der Waals surface area contributed by atoms with Crippen LogP contribution in [0.2, 0.25) is 0 Å². The summed E-state index contributed by atoms with van der Waals surface area (Å²) in [7, 11) is 0. The first kappa shape index (κ1) is 23.5. The van der Waals surface area contributed by atoms with Crippen molar-refractivity contribution >= 4 is 35.0 Å². The average molecular weight is 469 g/mol. The molecule has 6 nitrogen and oxygen atoms in total. The summed E-state index contributed by atoms with van der Waals surface area (Å²) < 4.78 is 18.6. The standard InChI is InChI=1S/C22H23Cl2FN2O4/c23-20(24)21(29)26-18(13-25)19(28)16-5-1-14(2-6-16)15-3-7-17(8-4-15)22(30)27-9-11-31-12-10-27/h1-8,18-20,28H,9-13H2,(H,26,29). The first-order valence-electron chi connectivity index (χ1n) is 9.80. The Kier molecular flexibility index (Phi) is 8.26. The van der Waals surface area contributed by atoms with Crippen molar-refractivity contribution in [3.8, 4) is 11.1 Å². The maximum Gasteiger partial charge on any atom is 0.254 e. The molecule has 0 spiro atoms. The molecule has 2 aromatic rings. The first-order chi connectivity index (χ1) is 14.9. The number of nitrogens with one attached hydrogen (secondary N) is 1. The van der Waals surface area contributed by atoms with Gasteiger partial charge in [-0.2, -0.15) is 0 Å². The summed E-state index contributed by atoms with van der Waals surface area (Å²) in [5, 5.41) is 12.7. The molecule has 0 aromatic heterocycles. The Hall–Kier alpha value is -2.19. The van der Waals surface area contributed by atoms with Gasteiger partial charge in [0.05, 0.1) is 19.3 Å². The molecule has 166 valence electrons. The number of carbonyl (C=O) groups excluding carboxylic acids is 2. The van der Waals surface area contributed by atoms with Crippen LogP contribution in [0.1, 0.15) is 22.0 Å². The summed E-state index contributed by atoms with van der Waals surface area (Å²) in [5.41, 5.74) is 2.80. The zero-order valence-corrected chi connectivity index (χ0v) is 18.2. The number of morpholine rings is 1. The Morgan fingerprint density at radius 1 is 1.03 bits per heavy atom. The maximum atomic E-state index is 13.3. The molecule has 0 radical (unpaired) electrons. The minimum Gasteiger partial charge on any atom is -0.386 e. The van der Waals surface area contributed by atoms with Crippen molar-refractivity contribution in [2.75, 3.05) is 33.0 Å². The molecule has 2 atom stereocenters. The molecule has 1 fully saturated rings. The van der Waals surface area contributed by atoms with Crippen LogP contribution in [0.5, 0.6) is 0 Å². The minimum atomic E-state index is -1.35. The highest BCUT2D eigenvalue weighted by Crippen LogP contribution is 2.25. The summed E-state index contributed by atoms with van der Waals surface area (Å²) >= 11 is 10.9. The largest absolute Gasteiger partial charge is 0.386 e. The second-order valence-electron chi connectivity index (χ2n) is 7.12. The van der Waals surface area contributed by atoms with E-state index in [0.717, 1.165) is 11.1 Å². The van der Waals surface area contributed by atoms with Crippen LogP contribution >= 0.6 is 23.2 Å². The third kappa shape index (κ3) is 5.95. The van der Waals surface area contributed by atoms with E-state index in [4.69, 9.17) is 27.9 Å². The van der Waals surface area contributed by atoms with Crippen LogP contribution in [0, 0.1) is 0 Å². The number of halogens is 3. The number of hydrogen-bond donors (Lipinski definition) is 2. The predicted octanol–water partition coefficient (Wildman–Crippen LogP) is 3.12. The van der Waals surface area contributed by atoms with Gasteiger partial charge < -0.3 is 20.1 Å². The molecule has 0 saturated carbocycles. The van der Waals surface area contributed by atoms with Crippen LogP contribution in [0.15, 0.2) is 48.5 Å². The van der Waals surface area contributed by atoms with Crippen LogP contribution in [-0.2, 0) is 9.53 Å². The molecule has 9 heteroatoms. The van der Waals surface area contributed by atoms with Gasteiger partial charge in [-0.25, -0.2) is 4.39 Å². The van der Waals surface area contributed by atoms with E-state index in [0.29, 0.717) is 37.4 Å². The van der Waals surface area contributed by atoms with Gasteiger partial charge in [0.25, 0.3) is 11.8 Å². The van der Waals surface area contributed by atoms with Crippen LogP contribution < -0.4 is 5.32 Å². The van der Waals surface area contributed by atoms with Crippen molar-refractivity contribution in [3.05, 3.63) is 59.7 Å². The molecule has 1 heterocycles. The van der Waals surface area contributed by atoms with Crippen LogP contribution in [-0.4, -0.2) is 65.7 Å². The molecule has 2 unspecified atom stereocenters. The van der Waals surface area contributed by atoms with Gasteiger partial charge in [0.15, 0.2) is 4.84 Å². The summed E-state index contributed by atoms with van der Waals surface area (Å²) in [6.07, 6.45) is -1.26. The quantitative estimate of drug-likeness (QED) is 0.611. The monoisotopic (exact) mass is 468 g/mol. The van der Waals surface area contributed by atoms with E-state index in [9.17, 15) is 19.1 Å².